The summed E-state index contributed by atoms with van der Waals surface area (Å²) in [6.45, 7) is 3.99. The van der Waals surface area contributed by atoms with Gasteiger partial charge in [0, 0.05) is 4.75 Å². The van der Waals surface area contributed by atoms with Crippen LogP contribution in [-0.4, -0.2) is 35.2 Å². The monoisotopic (exact) mass is 365 g/mol. The molecule has 1 fully saturated rings. The molecule has 1 aliphatic rings. The van der Waals surface area contributed by atoms with Gasteiger partial charge in [-0.05, 0) is 51.3 Å². The Morgan fingerprint density at radius 1 is 1.24 bits per heavy atom. The van der Waals surface area contributed by atoms with Gasteiger partial charge >= 0.3 is 12.1 Å². The molecular formula is C19H27NO4S. The third-order valence-corrected chi connectivity index (χ3v) is 5.81. The second-order valence-corrected chi connectivity index (χ2v) is 8.25. The lowest BCUT2D eigenvalue weighted by Crippen LogP contribution is -2.53. The molecule has 1 aromatic rings. The molecule has 0 heterocycles. The highest BCUT2D eigenvalue weighted by molar-refractivity contribution is 8.00. The number of hydrogen-bond donors (Lipinski definition) is 1. The Balaban J connectivity index is 1.96. The molecule has 0 bridgehead atoms. The molecule has 1 amide bonds. The van der Waals surface area contributed by atoms with Gasteiger partial charge in [0.2, 0.25) is 0 Å². The smallest absolute Gasteiger partial charge is 0.408 e. The number of ether oxygens (including phenoxy) is 2. The SMILES string of the molecule is CSC(C)(C)[C@H](NC(=O)OC1CCCC1)C(=O)OCc1ccccc1. The van der Waals surface area contributed by atoms with Crippen LogP contribution in [0.2, 0.25) is 0 Å². The molecule has 0 radical (unpaired) electrons. The number of thioether (sulfide) groups is 1. The van der Waals surface area contributed by atoms with Crippen LogP contribution in [0.15, 0.2) is 30.3 Å². The zero-order valence-corrected chi connectivity index (χ0v) is 15.9. The van der Waals surface area contributed by atoms with Crippen molar-refractivity contribution >= 4 is 23.8 Å². The zero-order valence-electron chi connectivity index (χ0n) is 15.1. The lowest BCUT2D eigenvalue weighted by Gasteiger charge is -2.31. The highest BCUT2D eigenvalue weighted by Gasteiger charge is 2.38. The minimum Gasteiger partial charge on any atom is -0.459 e. The van der Waals surface area contributed by atoms with Crippen LogP contribution in [0.4, 0.5) is 4.79 Å². The van der Waals surface area contributed by atoms with Gasteiger partial charge in [-0.1, -0.05) is 30.3 Å². The van der Waals surface area contributed by atoms with E-state index in [9.17, 15) is 9.59 Å². The summed E-state index contributed by atoms with van der Waals surface area (Å²) in [5.74, 6) is -0.452. The summed E-state index contributed by atoms with van der Waals surface area (Å²) in [4.78, 5) is 24.8. The Bertz CT molecular complexity index is 570. The molecule has 5 nitrogen and oxygen atoms in total. The van der Waals surface area contributed by atoms with Gasteiger partial charge in [-0.2, -0.15) is 11.8 Å². The fourth-order valence-electron chi connectivity index (χ4n) is 2.76. The van der Waals surface area contributed by atoms with E-state index in [4.69, 9.17) is 9.47 Å². The molecule has 6 heteroatoms. The molecule has 0 unspecified atom stereocenters. The maximum absolute atomic E-state index is 12.6. The number of carbonyl (C=O) groups excluding carboxylic acids is 2. The van der Waals surface area contributed by atoms with Crippen molar-refractivity contribution in [2.75, 3.05) is 6.26 Å². The number of amides is 1. The summed E-state index contributed by atoms with van der Waals surface area (Å²) >= 11 is 1.50. The van der Waals surface area contributed by atoms with Crippen molar-refractivity contribution in [1.82, 2.24) is 5.32 Å². The Hall–Kier alpha value is -1.69. The van der Waals surface area contributed by atoms with E-state index in [1.807, 2.05) is 50.4 Å². The van der Waals surface area contributed by atoms with Crippen LogP contribution in [0.5, 0.6) is 0 Å². The highest BCUT2D eigenvalue weighted by Crippen LogP contribution is 2.27. The Morgan fingerprint density at radius 2 is 1.88 bits per heavy atom. The maximum Gasteiger partial charge on any atom is 0.408 e. The molecule has 1 N–H and O–H groups in total. The summed E-state index contributed by atoms with van der Waals surface area (Å²) in [7, 11) is 0. The molecule has 0 aliphatic heterocycles. The van der Waals surface area contributed by atoms with E-state index >= 15 is 0 Å². The van der Waals surface area contributed by atoms with Crippen molar-refractivity contribution < 1.29 is 19.1 Å². The summed E-state index contributed by atoms with van der Waals surface area (Å²) < 4.78 is 10.3. The largest absolute Gasteiger partial charge is 0.459 e. The molecule has 138 valence electrons. The van der Waals surface area contributed by atoms with Crippen molar-refractivity contribution in [3.8, 4) is 0 Å². The van der Waals surface area contributed by atoms with E-state index in [1.54, 1.807) is 0 Å². The molecule has 0 spiro atoms. The van der Waals surface area contributed by atoms with Crippen molar-refractivity contribution in [1.29, 1.82) is 0 Å². The predicted molar refractivity (Wildman–Crippen MR) is 99.5 cm³/mol. The lowest BCUT2D eigenvalue weighted by molar-refractivity contribution is -0.148. The lowest BCUT2D eigenvalue weighted by atomic mass is 10.0. The first-order valence-corrected chi connectivity index (χ1v) is 9.87. The summed E-state index contributed by atoms with van der Waals surface area (Å²) in [5, 5.41) is 2.71. The van der Waals surface area contributed by atoms with Gasteiger partial charge in [0.15, 0.2) is 0 Å². The minimum absolute atomic E-state index is 0.0432. The third kappa shape index (κ3) is 5.96. The molecule has 0 saturated heterocycles. The number of benzene rings is 1. The van der Waals surface area contributed by atoms with Crippen LogP contribution in [0.3, 0.4) is 0 Å². The normalized spacial score (nSPS) is 16.3. The zero-order chi connectivity index (χ0) is 18.3. The van der Waals surface area contributed by atoms with E-state index in [0.717, 1.165) is 31.2 Å². The molecule has 25 heavy (non-hydrogen) atoms. The van der Waals surface area contributed by atoms with Crippen molar-refractivity contribution in [2.45, 2.75) is 63.0 Å². The van der Waals surface area contributed by atoms with Gasteiger partial charge in [0.1, 0.15) is 18.8 Å². The van der Waals surface area contributed by atoms with Crippen molar-refractivity contribution in [3.05, 3.63) is 35.9 Å². The first-order valence-electron chi connectivity index (χ1n) is 8.65. The number of rotatable bonds is 7. The standard InChI is InChI=1S/C19H27NO4S/c1-19(2,25-3)16(20-18(22)24-15-11-7-8-12-15)17(21)23-13-14-9-5-4-6-10-14/h4-6,9-10,15-16H,7-8,11-13H2,1-3H3,(H,20,22)/t16-/m1/s1. The van der Waals surface area contributed by atoms with Crippen LogP contribution in [0.25, 0.3) is 0 Å². The number of carbonyl (C=O) groups is 2. The van der Waals surface area contributed by atoms with Gasteiger partial charge in [0.25, 0.3) is 0 Å². The highest BCUT2D eigenvalue weighted by atomic mass is 32.2. The average Bonchev–Trinajstić information content (AvgIpc) is 3.11. The number of esters is 1. The van der Waals surface area contributed by atoms with Crippen LogP contribution < -0.4 is 5.32 Å². The van der Waals surface area contributed by atoms with E-state index in [1.165, 1.54) is 11.8 Å². The van der Waals surface area contributed by atoms with Gasteiger partial charge in [-0.15, -0.1) is 0 Å². The predicted octanol–water partition coefficient (Wildman–Crippen LogP) is 3.91. The van der Waals surface area contributed by atoms with E-state index in [-0.39, 0.29) is 12.7 Å². The maximum atomic E-state index is 12.6. The van der Waals surface area contributed by atoms with Crippen LogP contribution in [0, 0.1) is 0 Å². The second-order valence-electron chi connectivity index (χ2n) is 6.79. The van der Waals surface area contributed by atoms with Gasteiger partial charge in [-0.3, -0.25) is 0 Å². The quantitative estimate of drug-likeness (QED) is 0.742. The first-order chi connectivity index (χ1) is 11.9. The molecule has 1 aliphatic carbocycles. The molecule has 2 rings (SSSR count). The van der Waals surface area contributed by atoms with Gasteiger partial charge in [0.05, 0.1) is 0 Å². The Morgan fingerprint density at radius 3 is 2.48 bits per heavy atom. The van der Waals surface area contributed by atoms with E-state index < -0.39 is 22.9 Å². The van der Waals surface area contributed by atoms with Gasteiger partial charge < -0.3 is 14.8 Å². The topological polar surface area (TPSA) is 64.6 Å². The van der Waals surface area contributed by atoms with Gasteiger partial charge in [-0.25, -0.2) is 9.59 Å². The molecular weight excluding hydrogens is 338 g/mol. The summed E-state index contributed by atoms with van der Waals surface area (Å²) in [5.41, 5.74) is 0.907. The van der Waals surface area contributed by atoms with Crippen LogP contribution >= 0.6 is 11.8 Å². The van der Waals surface area contributed by atoms with E-state index in [0.29, 0.717) is 0 Å². The Kier molecular flexibility index (Phi) is 7.17. The molecule has 0 aromatic heterocycles. The Labute approximate surface area is 153 Å². The van der Waals surface area contributed by atoms with Crippen molar-refractivity contribution in [3.63, 3.8) is 0 Å². The first kappa shape index (κ1) is 19.6. The van der Waals surface area contributed by atoms with E-state index in [2.05, 4.69) is 5.32 Å². The minimum atomic E-state index is -0.778. The summed E-state index contributed by atoms with van der Waals surface area (Å²) in [6.07, 6.45) is 5.26. The molecule has 1 saturated carbocycles. The fourth-order valence-corrected chi connectivity index (χ4v) is 3.15. The molecule has 1 aromatic carbocycles. The van der Waals surface area contributed by atoms with Crippen LogP contribution in [0.1, 0.15) is 45.1 Å². The third-order valence-electron chi connectivity index (χ3n) is 4.52. The number of nitrogens with one attached hydrogen (secondary N) is 1. The fraction of sp³-hybridized carbons (Fsp3) is 0.579. The van der Waals surface area contributed by atoms with Crippen molar-refractivity contribution in [2.24, 2.45) is 0 Å². The van der Waals surface area contributed by atoms with Crippen LogP contribution in [-0.2, 0) is 20.9 Å². The average molecular weight is 365 g/mol. The number of hydrogen-bond acceptors (Lipinski definition) is 5. The molecule has 1 atom stereocenters. The second kappa shape index (κ2) is 9.13. The number of alkyl carbamates (subject to hydrolysis) is 1. The summed E-state index contributed by atoms with van der Waals surface area (Å²) in [6, 6.07) is 8.70.